The van der Waals surface area contributed by atoms with Crippen molar-refractivity contribution in [3.63, 3.8) is 0 Å². The lowest BCUT2D eigenvalue weighted by atomic mass is 10.0. The first-order valence-electron chi connectivity index (χ1n) is 7.90. The second-order valence-corrected chi connectivity index (χ2v) is 5.95. The predicted octanol–water partition coefficient (Wildman–Crippen LogP) is 2.42. The zero-order valence-corrected chi connectivity index (χ0v) is 13.2. The summed E-state index contributed by atoms with van der Waals surface area (Å²) in [6.07, 6.45) is 3.66. The molecule has 3 heteroatoms. The SMILES string of the molecule is CCN1CCCC1CN(C)c1ccc(CCN)c(C)c1. The maximum absolute atomic E-state index is 5.65. The molecule has 1 aliphatic heterocycles. The summed E-state index contributed by atoms with van der Waals surface area (Å²) < 4.78 is 0. The Morgan fingerprint density at radius 1 is 1.40 bits per heavy atom. The Balaban J connectivity index is 2.01. The fourth-order valence-electron chi connectivity index (χ4n) is 3.29. The lowest BCUT2D eigenvalue weighted by Gasteiger charge is -2.29. The molecule has 20 heavy (non-hydrogen) atoms. The molecule has 1 heterocycles. The summed E-state index contributed by atoms with van der Waals surface area (Å²) in [5.74, 6) is 0. The quantitative estimate of drug-likeness (QED) is 0.865. The highest BCUT2D eigenvalue weighted by Gasteiger charge is 2.24. The van der Waals surface area contributed by atoms with Crippen molar-refractivity contribution in [3.05, 3.63) is 29.3 Å². The van der Waals surface area contributed by atoms with Crippen molar-refractivity contribution in [2.75, 3.05) is 38.1 Å². The number of benzene rings is 1. The molecule has 0 radical (unpaired) electrons. The molecule has 0 aromatic heterocycles. The molecule has 0 aliphatic carbocycles. The second kappa shape index (κ2) is 7.09. The zero-order valence-electron chi connectivity index (χ0n) is 13.2. The Morgan fingerprint density at radius 3 is 2.85 bits per heavy atom. The van der Waals surface area contributed by atoms with Crippen LogP contribution in [0.2, 0.25) is 0 Å². The van der Waals surface area contributed by atoms with Crippen molar-refractivity contribution in [1.29, 1.82) is 0 Å². The minimum Gasteiger partial charge on any atom is -0.373 e. The van der Waals surface area contributed by atoms with E-state index in [9.17, 15) is 0 Å². The van der Waals surface area contributed by atoms with Crippen LogP contribution in [0.3, 0.4) is 0 Å². The zero-order chi connectivity index (χ0) is 14.5. The second-order valence-electron chi connectivity index (χ2n) is 5.95. The van der Waals surface area contributed by atoms with E-state index < -0.39 is 0 Å². The van der Waals surface area contributed by atoms with Gasteiger partial charge in [-0.1, -0.05) is 13.0 Å². The van der Waals surface area contributed by atoms with Gasteiger partial charge in [0.25, 0.3) is 0 Å². The van der Waals surface area contributed by atoms with Gasteiger partial charge >= 0.3 is 0 Å². The molecule has 1 saturated heterocycles. The minimum absolute atomic E-state index is 0.717. The molecule has 3 nitrogen and oxygen atoms in total. The topological polar surface area (TPSA) is 32.5 Å². The molecule has 1 aromatic rings. The summed E-state index contributed by atoms with van der Waals surface area (Å²) in [6.45, 7) is 8.75. The Kier molecular flexibility index (Phi) is 5.44. The van der Waals surface area contributed by atoms with Gasteiger partial charge in [-0.05, 0) is 69.1 Å². The third-order valence-electron chi connectivity index (χ3n) is 4.57. The average Bonchev–Trinajstić information content (AvgIpc) is 2.88. The van der Waals surface area contributed by atoms with E-state index in [0.29, 0.717) is 6.04 Å². The van der Waals surface area contributed by atoms with Crippen LogP contribution >= 0.6 is 0 Å². The molecule has 0 saturated carbocycles. The van der Waals surface area contributed by atoms with E-state index in [0.717, 1.165) is 19.5 Å². The molecule has 1 unspecified atom stereocenters. The first-order chi connectivity index (χ1) is 9.65. The number of likely N-dealkylation sites (N-methyl/N-ethyl adjacent to an activating group) is 2. The Bertz CT molecular complexity index is 430. The van der Waals surface area contributed by atoms with Gasteiger partial charge in [0.1, 0.15) is 0 Å². The highest BCUT2D eigenvalue weighted by atomic mass is 15.2. The highest BCUT2D eigenvalue weighted by Crippen LogP contribution is 2.22. The maximum Gasteiger partial charge on any atom is 0.0366 e. The minimum atomic E-state index is 0.717. The number of rotatable bonds is 6. The summed E-state index contributed by atoms with van der Waals surface area (Å²) in [4.78, 5) is 5.00. The third-order valence-corrected chi connectivity index (χ3v) is 4.57. The number of nitrogens with zero attached hydrogens (tertiary/aromatic N) is 2. The summed E-state index contributed by atoms with van der Waals surface area (Å²) >= 11 is 0. The van der Waals surface area contributed by atoms with Crippen molar-refractivity contribution < 1.29 is 0 Å². The van der Waals surface area contributed by atoms with E-state index in [1.54, 1.807) is 0 Å². The van der Waals surface area contributed by atoms with E-state index in [4.69, 9.17) is 5.73 Å². The fraction of sp³-hybridized carbons (Fsp3) is 0.647. The van der Waals surface area contributed by atoms with Gasteiger partial charge in [-0.25, -0.2) is 0 Å². The van der Waals surface area contributed by atoms with Crippen LogP contribution in [-0.4, -0.2) is 44.2 Å². The molecule has 1 fully saturated rings. The number of nitrogens with two attached hydrogens (primary N) is 1. The van der Waals surface area contributed by atoms with E-state index >= 15 is 0 Å². The Morgan fingerprint density at radius 2 is 2.20 bits per heavy atom. The third kappa shape index (κ3) is 3.53. The van der Waals surface area contributed by atoms with Gasteiger partial charge in [-0.2, -0.15) is 0 Å². The van der Waals surface area contributed by atoms with E-state index in [-0.39, 0.29) is 0 Å². The van der Waals surface area contributed by atoms with Crippen molar-refractivity contribution in [2.45, 2.75) is 39.2 Å². The monoisotopic (exact) mass is 275 g/mol. The summed E-state index contributed by atoms with van der Waals surface area (Å²) in [5, 5.41) is 0. The first-order valence-corrected chi connectivity index (χ1v) is 7.90. The summed E-state index contributed by atoms with van der Waals surface area (Å²) in [5.41, 5.74) is 9.71. The van der Waals surface area contributed by atoms with Crippen LogP contribution in [0, 0.1) is 6.92 Å². The number of anilines is 1. The van der Waals surface area contributed by atoms with E-state index in [2.05, 4.69) is 48.9 Å². The highest BCUT2D eigenvalue weighted by molar-refractivity contribution is 5.50. The molecule has 1 atom stereocenters. The van der Waals surface area contributed by atoms with Gasteiger partial charge in [-0.15, -0.1) is 0 Å². The van der Waals surface area contributed by atoms with Crippen molar-refractivity contribution in [2.24, 2.45) is 5.73 Å². The first kappa shape index (κ1) is 15.3. The van der Waals surface area contributed by atoms with Crippen molar-refractivity contribution in [3.8, 4) is 0 Å². The summed E-state index contributed by atoms with van der Waals surface area (Å²) in [6, 6.07) is 7.49. The molecule has 0 bridgehead atoms. The van der Waals surface area contributed by atoms with Crippen LogP contribution in [0.5, 0.6) is 0 Å². The lowest BCUT2D eigenvalue weighted by molar-refractivity contribution is 0.270. The molecular formula is C17H29N3. The molecule has 1 aliphatic rings. The lowest BCUT2D eigenvalue weighted by Crippen LogP contribution is -2.38. The molecule has 2 rings (SSSR count). The smallest absolute Gasteiger partial charge is 0.0366 e. The Labute approximate surface area is 123 Å². The van der Waals surface area contributed by atoms with Gasteiger partial charge in [0.15, 0.2) is 0 Å². The molecular weight excluding hydrogens is 246 g/mol. The molecule has 1 aromatic carbocycles. The standard InChI is InChI=1S/C17H29N3/c1-4-20-11-5-6-17(20)13-19(3)16-8-7-15(9-10-18)14(2)12-16/h7-8,12,17H,4-6,9-11,13,18H2,1-3H3. The van der Waals surface area contributed by atoms with E-state index in [1.165, 1.54) is 42.7 Å². The Hall–Kier alpha value is -1.06. The largest absolute Gasteiger partial charge is 0.373 e. The number of likely N-dealkylation sites (tertiary alicyclic amines) is 1. The molecule has 2 N–H and O–H groups in total. The van der Waals surface area contributed by atoms with Gasteiger partial charge in [0, 0.05) is 25.3 Å². The van der Waals surface area contributed by atoms with Gasteiger partial charge in [0.05, 0.1) is 0 Å². The summed E-state index contributed by atoms with van der Waals surface area (Å²) in [7, 11) is 2.21. The van der Waals surface area contributed by atoms with Crippen LogP contribution in [0.4, 0.5) is 5.69 Å². The van der Waals surface area contributed by atoms with Gasteiger partial charge in [-0.3, -0.25) is 4.90 Å². The van der Waals surface area contributed by atoms with Crippen molar-refractivity contribution in [1.82, 2.24) is 4.90 Å². The van der Waals surface area contributed by atoms with Crippen LogP contribution in [0.15, 0.2) is 18.2 Å². The number of aryl methyl sites for hydroxylation is 1. The van der Waals surface area contributed by atoms with E-state index in [1.807, 2.05) is 0 Å². The predicted molar refractivity (Wildman–Crippen MR) is 87.5 cm³/mol. The number of hydrogen-bond acceptors (Lipinski definition) is 3. The molecule has 112 valence electrons. The van der Waals surface area contributed by atoms with Crippen LogP contribution < -0.4 is 10.6 Å². The average molecular weight is 275 g/mol. The maximum atomic E-state index is 5.65. The van der Waals surface area contributed by atoms with Gasteiger partial charge in [0.2, 0.25) is 0 Å². The van der Waals surface area contributed by atoms with Crippen LogP contribution in [0.1, 0.15) is 30.9 Å². The van der Waals surface area contributed by atoms with Crippen LogP contribution in [-0.2, 0) is 6.42 Å². The van der Waals surface area contributed by atoms with Crippen LogP contribution in [0.25, 0.3) is 0 Å². The normalized spacial score (nSPS) is 19.5. The molecule has 0 spiro atoms. The van der Waals surface area contributed by atoms with Crippen molar-refractivity contribution >= 4 is 5.69 Å². The number of hydrogen-bond donors (Lipinski definition) is 1. The fourth-order valence-corrected chi connectivity index (χ4v) is 3.29. The molecule has 0 amide bonds. The van der Waals surface area contributed by atoms with Gasteiger partial charge < -0.3 is 10.6 Å².